The lowest BCUT2D eigenvalue weighted by atomic mass is 9.34. The van der Waals surface area contributed by atoms with Crippen LogP contribution in [0.25, 0.3) is 0 Å². The van der Waals surface area contributed by atoms with Gasteiger partial charge in [0.25, 0.3) is 0 Å². The lowest BCUT2D eigenvalue weighted by molar-refractivity contribution is -0.363. The van der Waals surface area contributed by atoms with E-state index in [1.165, 1.54) is 23.1 Å². The van der Waals surface area contributed by atoms with Gasteiger partial charge in [-0.15, -0.1) is 6.58 Å². The van der Waals surface area contributed by atoms with E-state index in [1.807, 2.05) is 6.07 Å². The van der Waals surface area contributed by atoms with Gasteiger partial charge in [-0.05, 0) is 61.3 Å². The molecule has 2 saturated heterocycles. The lowest BCUT2D eigenvalue weighted by Gasteiger charge is -2.75. The van der Waals surface area contributed by atoms with Crippen molar-refractivity contribution in [1.29, 1.82) is 0 Å². The van der Waals surface area contributed by atoms with E-state index in [2.05, 4.69) is 74.7 Å². The second-order valence-electron chi connectivity index (χ2n) is 14.1. The van der Waals surface area contributed by atoms with Gasteiger partial charge >= 0.3 is 0 Å². The van der Waals surface area contributed by atoms with E-state index in [4.69, 9.17) is 18.9 Å². The van der Waals surface area contributed by atoms with E-state index in [1.54, 1.807) is 0 Å². The van der Waals surface area contributed by atoms with Gasteiger partial charge in [-0.2, -0.15) is 0 Å². The summed E-state index contributed by atoms with van der Waals surface area (Å²) in [5.74, 6) is 2.20. The Morgan fingerprint density at radius 2 is 1.95 bits per heavy atom. The third-order valence-electron chi connectivity index (χ3n) is 11.5. The first kappa shape index (κ1) is 24.5. The Morgan fingerprint density at radius 3 is 2.74 bits per heavy atom. The molecule has 4 bridgehead atoms. The zero-order chi connectivity index (χ0) is 26.6. The molecule has 3 saturated carbocycles. The average Bonchev–Trinajstić information content (AvgIpc) is 3.30. The largest absolute Gasteiger partial charge is 0.485 e. The van der Waals surface area contributed by atoms with Gasteiger partial charge in [0, 0.05) is 34.9 Å². The fraction of sp³-hybridized carbons (Fsp3) is 0.588. The fourth-order valence-electron chi connectivity index (χ4n) is 10.3. The van der Waals surface area contributed by atoms with Crippen molar-refractivity contribution < 1.29 is 18.9 Å². The Bertz CT molecular complexity index is 1320. The van der Waals surface area contributed by atoms with Gasteiger partial charge in [0.15, 0.2) is 11.5 Å². The van der Waals surface area contributed by atoms with Crippen molar-refractivity contribution in [2.75, 3.05) is 19.9 Å². The van der Waals surface area contributed by atoms with Gasteiger partial charge < -0.3 is 18.9 Å². The van der Waals surface area contributed by atoms with Crippen LogP contribution in [-0.4, -0.2) is 48.6 Å². The van der Waals surface area contributed by atoms with Crippen LogP contribution >= 0.6 is 0 Å². The molecule has 7 atom stereocenters. The van der Waals surface area contributed by atoms with Gasteiger partial charge in [0.2, 0.25) is 0 Å². The molecule has 7 unspecified atom stereocenters. The highest BCUT2D eigenvalue weighted by atomic mass is 16.7. The van der Waals surface area contributed by atoms with Crippen LogP contribution in [0.3, 0.4) is 0 Å². The van der Waals surface area contributed by atoms with Crippen LogP contribution in [0, 0.1) is 16.7 Å². The lowest BCUT2D eigenvalue weighted by Crippen LogP contribution is -2.83. The topological polar surface area (TPSA) is 40.2 Å². The molecular formula is C34H41NO4. The third kappa shape index (κ3) is 2.97. The number of hydrogen-bond donors (Lipinski definition) is 0. The fourth-order valence-corrected chi connectivity index (χ4v) is 10.3. The Balaban J connectivity index is 1.30. The minimum absolute atomic E-state index is 0.00448. The van der Waals surface area contributed by atoms with Crippen LogP contribution in [0.4, 0.5) is 0 Å². The van der Waals surface area contributed by atoms with Gasteiger partial charge in [-0.1, -0.05) is 63.2 Å². The maximum Gasteiger partial charge on any atom is 0.166 e. The summed E-state index contributed by atoms with van der Waals surface area (Å²) in [5, 5.41) is 0. The number of rotatable bonds is 5. The molecule has 0 N–H and O–H groups in total. The smallest absolute Gasteiger partial charge is 0.166 e. The summed E-state index contributed by atoms with van der Waals surface area (Å²) in [4.78, 5) is 2.73. The summed E-state index contributed by atoms with van der Waals surface area (Å²) in [7, 11) is 0. The van der Waals surface area contributed by atoms with Crippen molar-refractivity contribution in [3.05, 3.63) is 71.8 Å². The standard InChI is InChI=1S/C34H41NO4/c1-5-16-35-17-15-33-27-23-11-12-25(36-20-22-9-7-6-8-10-22)28(27)39-30(33)34-14-13-32(33,26(35)18-23)19-24(34)29(31(2,3)4)37-21-38-34/h5-12,24,26,29-30H,1,13-21H2,2-4H3. The first-order valence-corrected chi connectivity index (χ1v) is 14.9. The highest BCUT2D eigenvalue weighted by Gasteiger charge is 2.82. The van der Waals surface area contributed by atoms with Crippen molar-refractivity contribution in [3.8, 4) is 11.5 Å². The minimum Gasteiger partial charge on any atom is -0.485 e. The summed E-state index contributed by atoms with van der Waals surface area (Å²) in [6.45, 7) is 14.0. The summed E-state index contributed by atoms with van der Waals surface area (Å²) < 4.78 is 27.1. The van der Waals surface area contributed by atoms with E-state index in [-0.39, 0.29) is 34.1 Å². The zero-order valence-electron chi connectivity index (χ0n) is 23.6. The molecule has 39 heavy (non-hydrogen) atoms. The first-order valence-electron chi connectivity index (χ1n) is 14.9. The average molecular weight is 528 g/mol. The third-order valence-corrected chi connectivity index (χ3v) is 11.5. The summed E-state index contributed by atoms with van der Waals surface area (Å²) in [5.41, 5.74) is 3.87. The van der Waals surface area contributed by atoms with Crippen molar-refractivity contribution in [3.63, 3.8) is 0 Å². The monoisotopic (exact) mass is 527 g/mol. The second-order valence-corrected chi connectivity index (χ2v) is 14.1. The normalized spacial score (nSPS) is 39.5. The minimum atomic E-state index is -0.326. The quantitative estimate of drug-likeness (QED) is 0.444. The molecule has 0 aromatic heterocycles. The number of piperidine rings is 1. The van der Waals surface area contributed by atoms with Crippen LogP contribution in [0.15, 0.2) is 55.1 Å². The van der Waals surface area contributed by atoms with Crippen LogP contribution in [0.2, 0.25) is 0 Å². The number of ether oxygens (including phenoxy) is 4. The highest BCUT2D eigenvalue weighted by molar-refractivity contribution is 5.63. The van der Waals surface area contributed by atoms with Gasteiger partial charge in [0.1, 0.15) is 25.1 Å². The first-order chi connectivity index (χ1) is 18.8. The highest BCUT2D eigenvalue weighted by Crippen LogP contribution is 2.77. The number of hydrogen-bond acceptors (Lipinski definition) is 5. The van der Waals surface area contributed by atoms with Crippen molar-refractivity contribution in [2.24, 2.45) is 16.7 Å². The molecule has 5 fully saturated rings. The predicted molar refractivity (Wildman–Crippen MR) is 150 cm³/mol. The molecule has 206 valence electrons. The van der Waals surface area contributed by atoms with Gasteiger partial charge in [0.05, 0.1) is 6.10 Å². The van der Waals surface area contributed by atoms with Crippen LogP contribution in [0.5, 0.6) is 11.5 Å². The Hall–Kier alpha value is -2.34. The summed E-state index contributed by atoms with van der Waals surface area (Å²) in [6.07, 6.45) is 7.78. The predicted octanol–water partition coefficient (Wildman–Crippen LogP) is 6.04. The van der Waals surface area contributed by atoms with Crippen molar-refractivity contribution in [1.82, 2.24) is 4.90 Å². The summed E-state index contributed by atoms with van der Waals surface area (Å²) >= 11 is 0. The molecule has 7 aliphatic rings. The molecular weight excluding hydrogens is 486 g/mol. The molecule has 3 spiro atoms. The van der Waals surface area contributed by atoms with Crippen LogP contribution in [0.1, 0.15) is 63.1 Å². The number of benzene rings is 2. The number of nitrogens with zero attached hydrogens (tertiary/aromatic N) is 1. The van der Waals surface area contributed by atoms with E-state index in [0.717, 1.165) is 50.3 Å². The maximum absolute atomic E-state index is 7.30. The zero-order valence-corrected chi connectivity index (χ0v) is 23.6. The van der Waals surface area contributed by atoms with Crippen LogP contribution < -0.4 is 9.47 Å². The molecule has 3 heterocycles. The molecule has 3 aliphatic heterocycles. The second kappa shape index (κ2) is 8.11. The van der Waals surface area contributed by atoms with Gasteiger partial charge in [-0.3, -0.25) is 4.90 Å². The van der Waals surface area contributed by atoms with E-state index >= 15 is 0 Å². The van der Waals surface area contributed by atoms with Gasteiger partial charge in [-0.25, -0.2) is 0 Å². The van der Waals surface area contributed by atoms with Crippen molar-refractivity contribution in [2.45, 2.75) is 88.7 Å². The Kier molecular flexibility index (Phi) is 5.09. The molecule has 0 amide bonds. The molecule has 2 aromatic carbocycles. The SMILES string of the molecule is C=CCN1CCC23c4c5ccc(OCc6ccccc6)c4OC2C24CCC3(CC2C(C(C)(C)C)OCO4)C1C5. The van der Waals surface area contributed by atoms with Crippen molar-refractivity contribution >= 4 is 0 Å². The van der Waals surface area contributed by atoms with E-state index < -0.39 is 0 Å². The molecule has 0 radical (unpaired) electrons. The molecule has 4 aliphatic carbocycles. The van der Waals surface area contributed by atoms with Crippen LogP contribution in [-0.2, 0) is 27.9 Å². The van der Waals surface area contributed by atoms with E-state index in [9.17, 15) is 0 Å². The summed E-state index contributed by atoms with van der Waals surface area (Å²) in [6, 6.07) is 15.4. The molecule has 9 rings (SSSR count). The maximum atomic E-state index is 7.30. The number of likely N-dealkylation sites (tertiary alicyclic amines) is 1. The van der Waals surface area contributed by atoms with E-state index in [0.29, 0.717) is 25.4 Å². The number of fused-ring (bicyclic) bond motifs is 1. The molecule has 5 nitrogen and oxygen atoms in total. The molecule has 5 heteroatoms. The Labute approximate surface area is 232 Å². The Morgan fingerprint density at radius 1 is 1.10 bits per heavy atom. The molecule has 2 aromatic rings.